The molecule has 17 heavy (non-hydrogen) atoms. The normalized spacial score (nSPS) is 11.9. The smallest absolute Gasteiger partial charge is 0.335 e. The first kappa shape index (κ1) is 13.5. The second-order valence-electron chi connectivity index (χ2n) is 3.40. The van der Waals surface area contributed by atoms with E-state index in [4.69, 9.17) is 21.4 Å². The summed E-state index contributed by atoms with van der Waals surface area (Å²) in [6, 6.07) is 4.10. The van der Waals surface area contributed by atoms with Crippen LogP contribution in [0.15, 0.2) is 18.2 Å². The third kappa shape index (κ3) is 3.72. The highest BCUT2D eigenvalue weighted by molar-refractivity contribution is 6.31. The summed E-state index contributed by atoms with van der Waals surface area (Å²) in [5, 5.41) is 11.6. The molecule has 1 atom stereocenters. The van der Waals surface area contributed by atoms with Crippen LogP contribution in [0.4, 0.5) is 5.69 Å². The highest BCUT2D eigenvalue weighted by Gasteiger charge is 2.13. The Morgan fingerprint density at radius 2 is 2.06 bits per heavy atom. The number of halogens is 1. The van der Waals surface area contributed by atoms with Crippen molar-refractivity contribution in [2.24, 2.45) is 0 Å². The summed E-state index contributed by atoms with van der Waals surface area (Å²) in [5.41, 5.74) is 0.335. The third-order valence-electron chi connectivity index (χ3n) is 2.14. The molecular weight excluding hydrogens is 246 g/mol. The van der Waals surface area contributed by atoms with E-state index in [1.54, 1.807) is 6.92 Å². The molecule has 0 saturated heterocycles. The molecule has 0 bridgehead atoms. The molecule has 6 heteroatoms. The molecule has 1 aromatic rings. The van der Waals surface area contributed by atoms with Crippen LogP contribution < -0.4 is 5.32 Å². The van der Waals surface area contributed by atoms with E-state index in [1.165, 1.54) is 25.3 Å². The van der Waals surface area contributed by atoms with Crippen LogP contribution >= 0.6 is 11.6 Å². The Morgan fingerprint density at radius 1 is 1.41 bits per heavy atom. The van der Waals surface area contributed by atoms with Gasteiger partial charge in [0.1, 0.15) is 6.10 Å². The van der Waals surface area contributed by atoms with E-state index < -0.39 is 12.1 Å². The molecule has 0 heterocycles. The average molecular weight is 258 g/mol. The van der Waals surface area contributed by atoms with E-state index in [0.717, 1.165) is 0 Å². The number of ether oxygens (including phenoxy) is 1. The molecule has 0 aliphatic rings. The van der Waals surface area contributed by atoms with Crippen molar-refractivity contribution in [3.8, 4) is 0 Å². The van der Waals surface area contributed by atoms with Crippen molar-refractivity contribution in [3.05, 3.63) is 28.8 Å². The van der Waals surface area contributed by atoms with Gasteiger partial charge in [0, 0.05) is 17.8 Å². The highest BCUT2D eigenvalue weighted by Crippen LogP contribution is 2.19. The van der Waals surface area contributed by atoms with Gasteiger partial charge in [-0.3, -0.25) is 4.79 Å². The number of rotatable bonds is 4. The van der Waals surface area contributed by atoms with Crippen molar-refractivity contribution in [2.75, 3.05) is 12.4 Å². The van der Waals surface area contributed by atoms with Crippen LogP contribution in [-0.2, 0) is 9.53 Å². The minimum Gasteiger partial charge on any atom is -0.478 e. The summed E-state index contributed by atoms with van der Waals surface area (Å²) in [7, 11) is 1.41. The maximum atomic E-state index is 11.5. The van der Waals surface area contributed by atoms with Gasteiger partial charge in [0.2, 0.25) is 0 Å². The lowest BCUT2D eigenvalue weighted by Gasteiger charge is -2.11. The van der Waals surface area contributed by atoms with Crippen LogP contribution in [0, 0.1) is 0 Å². The van der Waals surface area contributed by atoms with Gasteiger partial charge < -0.3 is 15.2 Å². The van der Waals surface area contributed by atoms with Gasteiger partial charge in [0.05, 0.1) is 5.56 Å². The fourth-order valence-electron chi connectivity index (χ4n) is 1.14. The lowest BCUT2D eigenvalue weighted by atomic mass is 10.2. The number of hydrogen-bond donors (Lipinski definition) is 2. The summed E-state index contributed by atoms with van der Waals surface area (Å²) in [6.45, 7) is 1.58. The molecule has 0 radical (unpaired) electrons. The fraction of sp³-hybridized carbons (Fsp3) is 0.273. The van der Waals surface area contributed by atoms with Gasteiger partial charge in [-0.25, -0.2) is 4.79 Å². The number of carboxylic acids is 1. The largest absolute Gasteiger partial charge is 0.478 e. The standard InChI is InChI=1S/C11H12ClNO4/c1-6(17-2)10(14)13-9-4-7(11(15)16)3-8(12)5-9/h3-6H,1-2H3,(H,13,14)(H,15,16). The van der Waals surface area contributed by atoms with E-state index >= 15 is 0 Å². The lowest BCUT2D eigenvalue weighted by Crippen LogP contribution is -2.26. The molecule has 0 aliphatic carbocycles. The number of hydrogen-bond acceptors (Lipinski definition) is 3. The number of anilines is 1. The minimum atomic E-state index is -1.11. The molecule has 5 nitrogen and oxygen atoms in total. The Kier molecular flexibility index (Phi) is 4.48. The van der Waals surface area contributed by atoms with Crippen molar-refractivity contribution in [1.29, 1.82) is 0 Å². The number of benzene rings is 1. The topological polar surface area (TPSA) is 75.6 Å². The third-order valence-corrected chi connectivity index (χ3v) is 2.35. The maximum Gasteiger partial charge on any atom is 0.335 e. The molecule has 1 rings (SSSR count). The Morgan fingerprint density at radius 3 is 2.59 bits per heavy atom. The summed E-state index contributed by atoms with van der Waals surface area (Å²) in [5.74, 6) is -1.48. The van der Waals surface area contributed by atoms with E-state index in [1.807, 2.05) is 0 Å². The zero-order chi connectivity index (χ0) is 13.0. The Hall–Kier alpha value is -1.59. The maximum absolute atomic E-state index is 11.5. The van der Waals surface area contributed by atoms with Crippen molar-refractivity contribution in [1.82, 2.24) is 0 Å². The summed E-state index contributed by atoms with van der Waals surface area (Å²) in [4.78, 5) is 22.3. The van der Waals surface area contributed by atoms with E-state index in [-0.39, 0.29) is 16.5 Å². The van der Waals surface area contributed by atoms with Gasteiger partial charge in [-0.2, -0.15) is 0 Å². The van der Waals surface area contributed by atoms with E-state index in [2.05, 4.69) is 5.32 Å². The first-order valence-corrected chi connectivity index (χ1v) is 5.19. The molecule has 1 unspecified atom stereocenters. The van der Waals surface area contributed by atoms with Crippen molar-refractivity contribution < 1.29 is 19.4 Å². The van der Waals surface area contributed by atoms with Crippen LogP contribution in [-0.4, -0.2) is 30.2 Å². The van der Waals surface area contributed by atoms with Gasteiger partial charge in [-0.1, -0.05) is 11.6 Å². The number of methoxy groups -OCH3 is 1. The summed E-state index contributed by atoms with van der Waals surface area (Å²) in [6.07, 6.45) is -0.623. The fourth-order valence-corrected chi connectivity index (χ4v) is 1.37. The summed E-state index contributed by atoms with van der Waals surface area (Å²) >= 11 is 5.75. The first-order valence-electron chi connectivity index (χ1n) is 4.81. The number of carboxylic acid groups (broad SMARTS) is 1. The Balaban J connectivity index is 2.92. The molecule has 1 aromatic carbocycles. The van der Waals surface area contributed by atoms with Gasteiger partial charge in [-0.05, 0) is 25.1 Å². The lowest BCUT2D eigenvalue weighted by molar-refractivity contribution is -0.124. The number of amides is 1. The SMILES string of the molecule is COC(C)C(=O)Nc1cc(Cl)cc(C(=O)O)c1. The van der Waals surface area contributed by atoms with Gasteiger partial charge in [0.25, 0.3) is 5.91 Å². The van der Waals surface area contributed by atoms with Crippen LogP contribution in [0.1, 0.15) is 17.3 Å². The predicted molar refractivity (Wildman–Crippen MR) is 63.5 cm³/mol. The van der Waals surface area contributed by atoms with Gasteiger partial charge in [0.15, 0.2) is 0 Å². The second kappa shape index (κ2) is 5.65. The molecule has 0 saturated carbocycles. The second-order valence-corrected chi connectivity index (χ2v) is 3.84. The number of carbonyl (C=O) groups excluding carboxylic acids is 1. The molecule has 2 N–H and O–H groups in total. The van der Waals surface area contributed by atoms with Crippen molar-refractivity contribution in [2.45, 2.75) is 13.0 Å². The van der Waals surface area contributed by atoms with Gasteiger partial charge in [-0.15, -0.1) is 0 Å². The predicted octanol–water partition coefficient (Wildman–Crippen LogP) is 2.01. The molecule has 1 amide bonds. The van der Waals surface area contributed by atoms with Crippen LogP contribution in [0.5, 0.6) is 0 Å². The highest BCUT2D eigenvalue weighted by atomic mass is 35.5. The molecular formula is C11H12ClNO4. The van der Waals surface area contributed by atoms with Crippen LogP contribution in [0.2, 0.25) is 5.02 Å². The van der Waals surface area contributed by atoms with Crippen LogP contribution in [0.25, 0.3) is 0 Å². The molecule has 0 spiro atoms. The van der Waals surface area contributed by atoms with E-state index in [0.29, 0.717) is 5.69 Å². The molecule has 92 valence electrons. The zero-order valence-electron chi connectivity index (χ0n) is 9.36. The number of carbonyl (C=O) groups is 2. The summed E-state index contributed by atoms with van der Waals surface area (Å²) < 4.78 is 4.83. The van der Waals surface area contributed by atoms with Crippen LogP contribution in [0.3, 0.4) is 0 Å². The Labute approximate surface area is 103 Å². The number of aromatic carboxylic acids is 1. The minimum absolute atomic E-state index is 0.0119. The quantitative estimate of drug-likeness (QED) is 0.865. The number of nitrogens with one attached hydrogen (secondary N) is 1. The first-order chi connectivity index (χ1) is 7.93. The molecule has 0 fully saturated rings. The molecule has 0 aromatic heterocycles. The average Bonchev–Trinajstić information content (AvgIpc) is 2.26. The zero-order valence-corrected chi connectivity index (χ0v) is 10.1. The van der Waals surface area contributed by atoms with Gasteiger partial charge >= 0.3 is 5.97 Å². The molecule has 0 aliphatic heterocycles. The van der Waals surface area contributed by atoms with Crippen molar-refractivity contribution in [3.63, 3.8) is 0 Å². The van der Waals surface area contributed by atoms with E-state index in [9.17, 15) is 9.59 Å². The Bertz CT molecular complexity index is 447. The monoisotopic (exact) mass is 257 g/mol. The van der Waals surface area contributed by atoms with Crippen molar-refractivity contribution >= 4 is 29.2 Å².